The van der Waals surface area contributed by atoms with E-state index in [1.54, 1.807) is 17.1 Å². The lowest BCUT2D eigenvalue weighted by atomic mass is 9.85. The van der Waals surface area contributed by atoms with Crippen LogP contribution in [0.5, 0.6) is 0 Å². The summed E-state index contributed by atoms with van der Waals surface area (Å²) in [5.41, 5.74) is 0.595. The van der Waals surface area contributed by atoms with Crippen LogP contribution in [0.4, 0.5) is 5.82 Å². The van der Waals surface area contributed by atoms with Gasteiger partial charge in [-0.2, -0.15) is 14.9 Å². The van der Waals surface area contributed by atoms with E-state index in [0.29, 0.717) is 50.7 Å². The third kappa shape index (κ3) is 2.86. The lowest BCUT2D eigenvalue weighted by molar-refractivity contribution is -0.0670. The monoisotopic (exact) mass is 384 g/mol. The van der Waals surface area contributed by atoms with Gasteiger partial charge in [-0.25, -0.2) is 4.98 Å². The normalized spacial score (nSPS) is 22.6. The third-order valence-electron chi connectivity index (χ3n) is 5.71. The smallest absolute Gasteiger partial charge is 0.177 e. The number of anilines is 1. The molecule has 2 saturated heterocycles. The Morgan fingerprint density at radius 1 is 1.21 bits per heavy atom. The van der Waals surface area contributed by atoms with E-state index in [4.69, 9.17) is 14.5 Å². The molecule has 2 aliphatic rings. The Kier molecular flexibility index (Phi) is 4.30. The molecular formula is C19H24N6O3. The molecule has 0 amide bonds. The minimum absolute atomic E-state index is 0.206. The predicted molar refractivity (Wildman–Crippen MR) is 103 cm³/mol. The molecule has 28 heavy (non-hydrogen) atoms. The molecule has 0 bridgehead atoms. The molecule has 2 aliphatic heterocycles. The van der Waals surface area contributed by atoms with Crippen molar-refractivity contribution >= 4 is 16.9 Å². The Hall–Kier alpha value is -2.49. The van der Waals surface area contributed by atoms with Crippen LogP contribution in [0.2, 0.25) is 0 Å². The lowest BCUT2D eigenvalue weighted by Crippen LogP contribution is -2.44. The van der Waals surface area contributed by atoms with Gasteiger partial charge in [-0.15, -0.1) is 0 Å². The van der Waals surface area contributed by atoms with Gasteiger partial charge in [-0.1, -0.05) is 0 Å². The number of rotatable bonds is 3. The Morgan fingerprint density at radius 3 is 2.82 bits per heavy atom. The number of hydrogen-bond acceptors (Lipinski definition) is 7. The molecule has 1 atom stereocenters. The van der Waals surface area contributed by atoms with Gasteiger partial charge in [0.15, 0.2) is 11.5 Å². The summed E-state index contributed by atoms with van der Waals surface area (Å²) in [5.74, 6) is 1.50. The van der Waals surface area contributed by atoms with Crippen LogP contribution in [0.1, 0.15) is 25.3 Å². The van der Waals surface area contributed by atoms with Crippen molar-refractivity contribution in [3.05, 3.63) is 30.1 Å². The predicted octanol–water partition coefficient (Wildman–Crippen LogP) is 1.37. The van der Waals surface area contributed by atoms with Crippen LogP contribution >= 0.6 is 0 Å². The molecule has 0 unspecified atom stereocenters. The summed E-state index contributed by atoms with van der Waals surface area (Å²) in [4.78, 5) is 7.16. The molecule has 2 fully saturated rings. The van der Waals surface area contributed by atoms with Crippen LogP contribution in [-0.4, -0.2) is 69.1 Å². The van der Waals surface area contributed by atoms with Crippen LogP contribution in [0.25, 0.3) is 16.9 Å². The number of aliphatic hydroxyl groups is 1. The standard InChI is InChI=1S/C19H24N6O3/c1-13-12-28-9-6-24(13)17-10-15(19(26)3-7-27-8-4-19)14-11-21-25(18(14)22-17)16-2-5-20-23-16/h2,5,10-11,13,26H,3-4,6-9,12H2,1H3,(H,20,23)/t13-/m1/s1. The average molecular weight is 384 g/mol. The maximum atomic E-state index is 11.5. The van der Waals surface area contributed by atoms with E-state index in [1.807, 2.05) is 12.1 Å². The van der Waals surface area contributed by atoms with Gasteiger partial charge < -0.3 is 19.5 Å². The van der Waals surface area contributed by atoms with Crippen LogP contribution in [0, 0.1) is 0 Å². The highest BCUT2D eigenvalue weighted by atomic mass is 16.5. The molecule has 9 heteroatoms. The molecule has 0 radical (unpaired) electrons. The topological polar surface area (TPSA) is 101 Å². The first kappa shape index (κ1) is 17.6. The molecule has 3 aromatic rings. The number of nitrogens with zero attached hydrogens (tertiary/aromatic N) is 5. The lowest BCUT2D eigenvalue weighted by Gasteiger charge is -2.36. The quantitative estimate of drug-likeness (QED) is 0.703. The summed E-state index contributed by atoms with van der Waals surface area (Å²) in [7, 11) is 0. The van der Waals surface area contributed by atoms with Gasteiger partial charge in [-0.3, -0.25) is 5.10 Å². The van der Waals surface area contributed by atoms with E-state index in [0.717, 1.165) is 23.3 Å². The molecule has 2 N–H and O–H groups in total. The van der Waals surface area contributed by atoms with Crippen molar-refractivity contribution in [2.24, 2.45) is 0 Å². The highest BCUT2D eigenvalue weighted by Gasteiger charge is 2.36. The SMILES string of the molecule is C[C@@H]1COCCN1c1cc(C2(O)CCOCC2)c2cnn(-c3cc[nH]n3)c2n1. The summed E-state index contributed by atoms with van der Waals surface area (Å²) >= 11 is 0. The number of aromatic amines is 1. The van der Waals surface area contributed by atoms with E-state index in [1.165, 1.54) is 0 Å². The second kappa shape index (κ2) is 6.84. The Bertz CT molecular complexity index is 964. The first-order valence-electron chi connectivity index (χ1n) is 9.70. The van der Waals surface area contributed by atoms with Crippen LogP contribution < -0.4 is 4.90 Å². The molecule has 0 spiro atoms. The first-order valence-corrected chi connectivity index (χ1v) is 9.70. The van der Waals surface area contributed by atoms with Gasteiger partial charge >= 0.3 is 0 Å². The van der Waals surface area contributed by atoms with Crippen molar-refractivity contribution in [1.29, 1.82) is 0 Å². The highest BCUT2D eigenvalue weighted by molar-refractivity contribution is 5.83. The maximum absolute atomic E-state index is 11.5. The fourth-order valence-corrected chi connectivity index (χ4v) is 4.10. The van der Waals surface area contributed by atoms with Gasteiger partial charge in [0.25, 0.3) is 0 Å². The largest absolute Gasteiger partial charge is 0.385 e. The molecule has 5 rings (SSSR count). The number of aromatic nitrogens is 5. The Morgan fingerprint density at radius 2 is 2.07 bits per heavy atom. The van der Waals surface area contributed by atoms with Gasteiger partial charge in [0.05, 0.1) is 31.1 Å². The Balaban J connectivity index is 1.70. The van der Waals surface area contributed by atoms with Crippen LogP contribution in [0.3, 0.4) is 0 Å². The molecule has 148 valence electrons. The van der Waals surface area contributed by atoms with E-state index in [9.17, 15) is 5.11 Å². The second-order valence-electron chi connectivity index (χ2n) is 7.52. The summed E-state index contributed by atoms with van der Waals surface area (Å²) in [6.45, 7) is 5.28. The van der Waals surface area contributed by atoms with E-state index >= 15 is 0 Å². The number of morpholine rings is 1. The molecule has 9 nitrogen and oxygen atoms in total. The number of ether oxygens (including phenoxy) is 2. The molecular weight excluding hydrogens is 360 g/mol. The summed E-state index contributed by atoms with van der Waals surface area (Å²) in [6.07, 6.45) is 4.63. The number of nitrogens with one attached hydrogen (secondary N) is 1. The van der Waals surface area contributed by atoms with Gasteiger partial charge in [0, 0.05) is 50.2 Å². The van der Waals surface area contributed by atoms with Crippen molar-refractivity contribution < 1.29 is 14.6 Å². The van der Waals surface area contributed by atoms with E-state index < -0.39 is 5.60 Å². The number of fused-ring (bicyclic) bond motifs is 1. The number of hydrogen-bond donors (Lipinski definition) is 2. The fourth-order valence-electron chi connectivity index (χ4n) is 4.10. The van der Waals surface area contributed by atoms with Gasteiger partial charge in [-0.05, 0) is 18.6 Å². The number of pyridine rings is 1. The van der Waals surface area contributed by atoms with Gasteiger partial charge in [0.2, 0.25) is 0 Å². The zero-order chi connectivity index (χ0) is 19.1. The second-order valence-corrected chi connectivity index (χ2v) is 7.52. The first-order chi connectivity index (χ1) is 13.7. The van der Waals surface area contributed by atoms with Crippen LogP contribution in [-0.2, 0) is 15.1 Å². The van der Waals surface area contributed by atoms with Crippen LogP contribution in [0.15, 0.2) is 24.5 Å². The summed E-state index contributed by atoms with van der Waals surface area (Å²) in [5, 5.41) is 23.9. The third-order valence-corrected chi connectivity index (χ3v) is 5.71. The minimum Gasteiger partial charge on any atom is -0.385 e. The van der Waals surface area contributed by atoms with Crippen molar-refractivity contribution in [3.8, 4) is 5.82 Å². The molecule has 0 aromatic carbocycles. The van der Waals surface area contributed by atoms with Gasteiger partial charge in [0.1, 0.15) is 5.82 Å². The Labute approximate surface area is 162 Å². The fraction of sp³-hybridized carbons (Fsp3) is 0.526. The maximum Gasteiger partial charge on any atom is 0.177 e. The molecule has 0 saturated carbocycles. The minimum atomic E-state index is -0.955. The summed E-state index contributed by atoms with van der Waals surface area (Å²) < 4.78 is 12.8. The van der Waals surface area contributed by atoms with Crippen molar-refractivity contribution in [2.45, 2.75) is 31.4 Å². The molecule has 5 heterocycles. The molecule has 3 aromatic heterocycles. The highest BCUT2D eigenvalue weighted by Crippen LogP contribution is 2.38. The van der Waals surface area contributed by atoms with E-state index in [-0.39, 0.29) is 6.04 Å². The zero-order valence-corrected chi connectivity index (χ0v) is 15.8. The average Bonchev–Trinajstić information content (AvgIpc) is 3.37. The van der Waals surface area contributed by atoms with E-state index in [2.05, 4.69) is 27.1 Å². The van der Waals surface area contributed by atoms with Crippen molar-refractivity contribution in [2.75, 3.05) is 37.9 Å². The molecule has 0 aliphatic carbocycles. The zero-order valence-electron chi connectivity index (χ0n) is 15.8. The van der Waals surface area contributed by atoms with Crippen molar-refractivity contribution in [3.63, 3.8) is 0 Å². The number of H-pyrrole nitrogens is 1. The van der Waals surface area contributed by atoms with Crippen molar-refractivity contribution in [1.82, 2.24) is 25.0 Å². The summed E-state index contributed by atoms with van der Waals surface area (Å²) in [6, 6.07) is 4.07.